The summed E-state index contributed by atoms with van der Waals surface area (Å²) in [6, 6.07) is 0. The number of carbonyl (C=O) groups is 1. The first-order chi connectivity index (χ1) is 9.13. The van der Waals surface area contributed by atoms with Crippen molar-refractivity contribution in [3.8, 4) is 0 Å². The fourth-order valence-electron chi connectivity index (χ4n) is 3.10. The molecular weight excluding hydrogens is 240 g/mol. The summed E-state index contributed by atoms with van der Waals surface area (Å²) in [5, 5.41) is 0. The van der Waals surface area contributed by atoms with Gasteiger partial charge in [0, 0.05) is 32.2 Å². The topological polar surface area (TPSA) is 55.6 Å². The Labute approximate surface area is 116 Å². The Morgan fingerprint density at radius 2 is 2.16 bits per heavy atom. The molecule has 108 valence electrons. The first-order valence-electron chi connectivity index (χ1n) is 7.36. The summed E-state index contributed by atoms with van der Waals surface area (Å²) >= 11 is 0. The first-order valence-corrected chi connectivity index (χ1v) is 7.36. The fraction of sp³-hybridized carbons (Fsp3) is 0.800. The van der Waals surface area contributed by atoms with Crippen LogP contribution in [0.1, 0.15) is 44.9 Å². The molecule has 0 aromatic rings. The molecule has 1 aliphatic heterocycles. The van der Waals surface area contributed by atoms with Crippen LogP contribution in [0.5, 0.6) is 0 Å². The highest BCUT2D eigenvalue weighted by atomic mass is 16.5. The van der Waals surface area contributed by atoms with Crippen LogP contribution in [0.25, 0.3) is 0 Å². The Balaban J connectivity index is 1.84. The second-order valence-electron chi connectivity index (χ2n) is 5.98. The lowest BCUT2D eigenvalue weighted by Crippen LogP contribution is -2.47. The predicted octanol–water partition coefficient (Wildman–Crippen LogP) is 1.84. The molecule has 1 fully saturated rings. The van der Waals surface area contributed by atoms with Gasteiger partial charge >= 0.3 is 0 Å². The number of methoxy groups -OCH3 is 1. The Bertz CT molecular complexity index is 346. The molecule has 0 atom stereocenters. The summed E-state index contributed by atoms with van der Waals surface area (Å²) in [6.45, 7) is 2.21. The molecule has 2 aliphatic rings. The maximum atomic E-state index is 12.3. The molecule has 0 aromatic carbocycles. The van der Waals surface area contributed by atoms with E-state index in [2.05, 4.69) is 6.08 Å². The number of hydrogen-bond donors (Lipinski definition) is 1. The van der Waals surface area contributed by atoms with Gasteiger partial charge in [-0.05, 0) is 24.8 Å². The number of ether oxygens (including phenoxy) is 1. The molecule has 1 heterocycles. The van der Waals surface area contributed by atoms with Gasteiger partial charge in [-0.15, -0.1) is 0 Å². The van der Waals surface area contributed by atoms with Crippen LogP contribution in [0.3, 0.4) is 0 Å². The SMILES string of the molecule is COCC1=CCN(C(=O)CC2(N)CCCCC2)CC1. The predicted molar refractivity (Wildman–Crippen MR) is 75.8 cm³/mol. The summed E-state index contributed by atoms with van der Waals surface area (Å²) in [4.78, 5) is 14.3. The molecule has 1 saturated carbocycles. The van der Waals surface area contributed by atoms with E-state index in [9.17, 15) is 4.79 Å². The molecular formula is C15H26N2O2. The highest BCUT2D eigenvalue weighted by molar-refractivity contribution is 5.77. The third-order valence-corrected chi connectivity index (χ3v) is 4.34. The van der Waals surface area contributed by atoms with Crippen LogP contribution < -0.4 is 5.73 Å². The smallest absolute Gasteiger partial charge is 0.224 e. The summed E-state index contributed by atoms with van der Waals surface area (Å²) in [5.41, 5.74) is 7.41. The van der Waals surface area contributed by atoms with E-state index in [1.54, 1.807) is 7.11 Å². The van der Waals surface area contributed by atoms with Crippen molar-refractivity contribution in [1.82, 2.24) is 4.90 Å². The van der Waals surface area contributed by atoms with Gasteiger partial charge in [-0.3, -0.25) is 4.79 Å². The highest BCUT2D eigenvalue weighted by Gasteiger charge is 2.32. The second-order valence-corrected chi connectivity index (χ2v) is 5.98. The van der Waals surface area contributed by atoms with Crippen LogP contribution in [0, 0.1) is 0 Å². The van der Waals surface area contributed by atoms with E-state index in [0.717, 1.165) is 25.8 Å². The van der Waals surface area contributed by atoms with Gasteiger partial charge in [-0.1, -0.05) is 25.3 Å². The molecule has 0 spiro atoms. The van der Waals surface area contributed by atoms with Crippen LogP contribution in [0.2, 0.25) is 0 Å². The minimum Gasteiger partial charge on any atom is -0.380 e. The fourth-order valence-corrected chi connectivity index (χ4v) is 3.10. The quantitative estimate of drug-likeness (QED) is 0.790. The third kappa shape index (κ3) is 4.05. The standard InChI is InChI=1S/C15H26N2O2/c1-19-12-13-5-9-17(10-6-13)14(18)11-15(16)7-3-2-4-8-15/h5H,2-4,6-12,16H2,1H3. The van der Waals surface area contributed by atoms with Gasteiger partial charge in [0.25, 0.3) is 0 Å². The van der Waals surface area contributed by atoms with E-state index in [0.29, 0.717) is 19.6 Å². The lowest BCUT2D eigenvalue weighted by Gasteiger charge is -2.35. The molecule has 1 amide bonds. The molecule has 4 heteroatoms. The maximum absolute atomic E-state index is 12.3. The van der Waals surface area contributed by atoms with Crippen LogP contribution in [0.4, 0.5) is 0 Å². The molecule has 4 nitrogen and oxygen atoms in total. The summed E-state index contributed by atoms with van der Waals surface area (Å²) in [5.74, 6) is 0.220. The van der Waals surface area contributed by atoms with Crippen molar-refractivity contribution >= 4 is 5.91 Å². The molecule has 0 aromatic heterocycles. The van der Waals surface area contributed by atoms with Gasteiger partial charge in [0.1, 0.15) is 0 Å². The zero-order valence-electron chi connectivity index (χ0n) is 12.0. The normalized spacial score (nSPS) is 23.1. The maximum Gasteiger partial charge on any atom is 0.224 e. The van der Waals surface area contributed by atoms with Crippen molar-refractivity contribution < 1.29 is 9.53 Å². The van der Waals surface area contributed by atoms with Crippen molar-refractivity contribution in [3.63, 3.8) is 0 Å². The zero-order valence-corrected chi connectivity index (χ0v) is 12.0. The summed E-state index contributed by atoms with van der Waals surface area (Å²) in [7, 11) is 1.71. The molecule has 0 saturated heterocycles. The minimum atomic E-state index is -0.244. The number of nitrogens with zero attached hydrogens (tertiary/aromatic N) is 1. The van der Waals surface area contributed by atoms with E-state index in [-0.39, 0.29) is 11.4 Å². The molecule has 0 bridgehead atoms. The van der Waals surface area contributed by atoms with Gasteiger partial charge in [-0.2, -0.15) is 0 Å². The Morgan fingerprint density at radius 3 is 2.74 bits per heavy atom. The van der Waals surface area contributed by atoms with Crippen molar-refractivity contribution in [2.24, 2.45) is 5.73 Å². The van der Waals surface area contributed by atoms with Crippen molar-refractivity contribution in [1.29, 1.82) is 0 Å². The highest BCUT2D eigenvalue weighted by Crippen LogP contribution is 2.29. The van der Waals surface area contributed by atoms with Crippen LogP contribution in [0.15, 0.2) is 11.6 Å². The third-order valence-electron chi connectivity index (χ3n) is 4.34. The van der Waals surface area contributed by atoms with Gasteiger partial charge in [0.2, 0.25) is 5.91 Å². The van der Waals surface area contributed by atoms with Gasteiger partial charge < -0.3 is 15.4 Å². The van der Waals surface area contributed by atoms with E-state index >= 15 is 0 Å². The van der Waals surface area contributed by atoms with Crippen LogP contribution >= 0.6 is 0 Å². The molecule has 2 rings (SSSR count). The van der Waals surface area contributed by atoms with Gasteiger partial charge in [0.15, 0.2) is 0 Å². The van der Waals surface area contributed by atoms with Gasteiger partial charge in [-0.25, -0.2) is 0 Å². The van der Waals surface area contributed by atoms with E-state index in [4.69, 9.17) is 10.5 Å². The Kier molecular flexibility index (Phi) is 4.99. The average Bonchev–Trinajstić information content (AvgIpc) is 2.40. The number of carbonyl (C=O) groups excluding carboxylic acids is 1. The van der Waals surface area contributed by atoms with Gasteiger partial charge in [0.05, 0.1) is 6.61 Å². The molecule has 1 aliphatic carbocycles. The lowest BCUT2D eigenvalue weighted by atomic mass is 9.80. The summed E-state index contributed by atoms with van der Waals surface area (Å²) in [6.07, 6.45) is 9.16. The number of amides is 1. The summed E-state index contributed by atoms with van der Waals surface area (Å²) < 4.78 is 5.12. The molecule has 19 heavy (non-hydrogen) atoms. The molecule has 0 unspecified atom stereocenters. The molecule has 2 N–H and O–H groups in total. The monoisotopic (exact) mass is 266 g/mol. The zero-order chi connectivity index (χ0) is 13.7. The van der Waals surface area contributed by atoms with Crippen molar-refractivity contribution in [3.05, 3.63) is 11.6 Å². The second kappa shape index (κ2) is 6.53. The van der Waals surface area contributed by atoms with E-state index < -0.39 is 0 Å². The number of nitrogens with two attached hydrogens (primary N) is 1. The van der Waals surface area contributed by atoms with E-state index in [1.807, 2.05) is 4.90 Å². The van der Waals surface area contributed by atoms with Crippen LogP contribution in [-0.4, -0.2) is 43.2 Å². The van der Waals surface area contributed by atoms with E-state index in [1.165, 1.54) is 24.8 Å². The van der Waals surface area contributed by atoms with Crippen LogP contribution in [-0.2, 0) is 9.53 Å². The average molecular weight is 266 g/mol. The largest absolute Gasteiger partial charge is 0.380 e. The Morgan fingerprint density at radius 1 is 1.42 bits per heavy atom. The number of hydrogen-bond acceptors (Lipinski definition) is 3. The first kappa shape index (κ1) is 14.5. The van der Waals surface area contributed by atoms with Crippen molar-refractivity contribution in [2.45, 2.75) is 50.5 Å². The minimum absolute atomic E-state index is 0.220. The Hall–Kier alpha value is -0.870. The van der Waals surface area contributed by atoms with Crippen molar-refractivity contribution in [2.75, 3.05) is 26.8 Å². The number of rotatable bonds is 4. The lowest BCUT2D eigenvalue weighted by molar-refractivity contribution is -0.132. The molecule has 0 radical (unpaired) electrons.